The molecule has 1 aliphatic rings. The molecule has 3 N–H and O–H groups in total. The molecular weight excluding hydrogens is 370 g/mol. The van der Waals surface area contributed by atoms with Crippen LogP contribution in [0.5, 0.6) is 0 Å². The normalized spacial score (nSPS) is 14.4. The van der Waals surface area contributed by atoms with Crippen molar-refractivity contribution in [2.75, 3.05) is 13.1 Å². The Balaban J connectivity index is 1.43. The van der Waals surface area contributed by atoms with E-state index in [2.05, 4.69) is 15.3 Å². The number of carbonyl (C=O) groups excluding carboxylic acids is 2. The van der Waals surface area contributed by atoms with Gasteiger partial charge in [-0.2, -0.15) is 0 Å². The number of amides is 2. The fraction of sp³-hybridized carbons (Fsp3) is 0.238. The quantitative estimate of drug-likeness (QED) is 0.526. The van der Waals surface area contributed by atoms with Crippen molar-refractivity contribution in [2.45, 2.75) is 19.8 Å². The van der Waals surface area contributed by atoms with E-state index in [0.717, 1.165) is 42.7 Å². The molecule has 1 fully saturated rings. The number of pyridine rings is 1. The van der Waals surface area contributed by atoms with E-state index in [9.17, 15) is 9.59 Å². The molecule has 3 heterocycles. The number of nitrogens with two attached hydrogens (primary N) is 1. The Bertz CT molecular complexity index is 1100. The highest BCUT2D eigenvalue weighted by molar-refractivity contribution is 6.06. The number of likely N-dealkylation sites (tertiary alicyclic amines) is 1. The van der Waals surface area contributed by atoms with E-state index in [-0.39, 0.29) is 11.9 Å². The van der Waals surface area contributed by atoms with Crippen molar-refractivity contribution in [1.29, 1.82) is 0 Å². The van der Waals surface area contributed by atoms with Gasteiger partial charge in [-0.15, -0.1) is 0 Å². The number of nitrogens with zero attached hydrogens (tertiary/aromatic N) is 3. The van der Waals surface area contributed by atoms with Crippen LogP contribution in [0.4, 0.5) is 5.69 Å². The first kappa shape index (κ1) is 18.7. The minimum Gasteiger partial charge on any atom is -0.461 e. The summed E-state index contributed by atoms with van der Waals surface area (Å²) >= 11 is 0. The molecule has 0 saturated carbocycles. The summed E-state index contributed by atoms with van der Waals surface area (Å²) in [5, 5.41) is 3.44. The monoisotopic (exact) mass is 391 g/mol. The second kappa shape index (κ2) is 7.75. The first-order chi connectivity index (χ1) is 14.0. The second-order valence-electron chi connectivity index (χ2n) is 6.96. The Labute approximate surface area is 167 Å². The number of guanidine groups is 1. The van der Waals surface area contributed by atoms with E-state index in [4.69, 9.17) is 10.2 Å². The Morgan fingerprint density at radius 1 is 1.17 bits per heavy atom. The van der Waals surface area contributed by atoms with Crippen molar-refractivity contribution in [2.24, 2.45) is 10.7 Å². The maximum atomic E-state index is 12.4. The molecule has 2 amide bonds. The van der Waals surface area contributed by atoms with Crippen LogP contribution in [0.25, 0.3) is 11.0 Å². The fourth-order valence-electron chi connectivity index (χ4n) is 3.33. The number of fused-ring (bicyclic) bond motifs is 1. The van der Waals surface area contributed by atoms with Crippen LogP contribution in [0.1, 0.15) is 39.4 Å². The van der Waals surface area contributed by atoms with Gasteiger partial charge < -0.3 is 15.1 Å². The van der Waals surface area contributed by atoms with Gasteiger partial charge in [0.15, 0.2) is 0 Å². The van der Waals surface area contributed by atoms with Crippen LogP contribution in [0.2, 0.25) is 0 Å². The van der Waals surface area contributed by atoms with Crippen molar-refractivity contribution in [3.8, 4) is 0 Å². The minimum absolute atomic E-state index is 0.0354. The zero-order valence-electron chi connectivity index (χ0n) is 16.0. The third kappa shape index (κ3) is 4.11. The Hall–Kier alpha value is -3.68. The molecule has 0 unspecified atom stereocenters. The topological polar surface area (TPSA) is 114 Å². The van der Waals surface area contributed by atoms with Gasteiger partial charge in [0.25, 0.3) is 11.8 Å². The molecule has 8 nitrogen and oxygen atoms in total. The van der Waals surface area contributed by atoms with Gasteiger partial charge in [0.1, 0.15) is 17.0 Å². The SMILES string of the molecule is Cc1cc2cc(N=C(N)NC(=O)c3ccc(C(=O)N4CCCC4)nc3)ccc2o1. The maximum Gasteiger partial charge on any atom is 0.272 e. The first-order valence-electron chi connectivity index (χ1n) is 9.40. The number of carbonyl (C=O) groups is 2. The average Bonchev–Trinajstić information content (AvgIpc) is 3.36. The summed E-state index contributed by atoms with van der Waals surface area (Å²) in [5.41, 5.74) is 7.85. The molecule has 29 heavy (non-hydrogen) atoms. The Morgan fingerprint density at radius 2 is 1.97 bits per heavy atom. The van der Waals surface area contributed by atoms with Gasteiger partial charge in [-0.25, -0.2) is 4.99 Å². The number of aromatic nitrogens is 1. The standard InChI is InChI=1S/C21H21N5O3/c1-13-10-15-11-16(5-7-18(15)29-13)24-21(22)25-19(27)14-4-6-17(23-12-14)20(28)26-8-2-3-9-26/h4-7,10-12H,2-3,8-9H2,1H3,(H3,22,24,25,27). The summed E-state index contributed by atoms with van der Waals surface area (Å²) in [6, 6.07) is 10.4. The van der Waals surface area contributed by atoms with Gasteiger partial charge in [0, 0.05) is 24.7 Å². The molecule has 0 aliphatic carbocycles. The summed E-state index contributed by atoms with van der Waals surface area (Å²) in [7, 11) is 0. The molecule has 8 heteroatoms. The zero-order chi connectivity index (χ0) is 20.4. The number of aliphatic imine (C=N–C) groups is 1. The van der Waals surface area contributed by atoms with Crippen molar-refractivity contribution in [1.82, 2.24) is 15.2 Å². The molecule has 3 aromatic rings. The predicted octanol–water partition coefficient (Wildman–Crippen LogP) is 2.75. The first-order valence-corrected chi connectivity index (χ1v) is 9.40. The summed E-state index contributed by atoms with van der Waals surface area (Å²) < 4.78 is 5.53. The van der Waals surface area contributed by atoms with Crippen LogP contribution in [-0.2, 0) is 0 Å². The van der Waals surface area contributed by atoms with E-state index < -0.39 is 5.91 Å². The smallest absolute Gasteiger partial charge is 0.272 e. The van der Waals surface area contributed by atoms with E-state index in [0.29, 0.717) is 16.9 Å². The summed E-state index contributed by atoms with van der Waals surface area (Å²) in [4.78, 5) is 34.8. The van der Waals surface area contributed by atoms with Crippen molar-refractivity contribution < 1.29 is 14.0 Å². The van der Waals surface area contributed by atoms with Crippen molar-refractivity contribution in [3.05, 3.63) is 59.6 Å². The average molecular weight is 391 g/mol. The number of nitrogens with one attached hydrogen (secondary N) is 1. The molecule has 0 bridgehead atoms. The molecule has 2 aromatic heterocycles. The maximum absolute atomic E-state index is 12.4. The summed E-state index contributed by atoms with van der Waals surface area (Å²) in [6.07, 6.45) is 3.39. The van der Waals surface area contributed by atoms with Gasteiger partial charge in [-0.1, -0.05) is 0 Å². The number of rotatable bonds is 3. The molecule has 1 aliphatic heterocycles. The number of hydrogen-bond acceptors (Lipinski definition) is 5. The highest BCUT2D eigenvalue weighted by Crippen LogP contribution is 2.24. The largest absolute Gasteiger partial charge is 0.461 e. The molecule has 148 valence electrons. The minimum atomic E-state index is -0.445. The van der Waals surface area contributed by atoms with Crippen LogP contribution in [0.15, 0.2) is 52.0 Å². The van der Waals surface area contributed by atoms with Crippen molar-refractivity contribution in [3.63, 3.8) is 0 Å². The molecule has 0 radical (unpaired) electrons. The van der Waals surface area contributed by atoms with Gasteiger partial charge in [-0.3, -0.25) is 19.9 Å². The predicted molar refractivity (Wildman–Crippen MR) is 109 cm³/mol. The molecular formula is C21H21N5O3. The van der Waals surface area contributed by atoms with Crippen LogP contribution >= 0.6 is 0 Å². The van der Waals surface area contributed by atoms with Gasteiger partial charge >= 0.3 is 0 Å². The zero-order valence-corrected chi connectivity index (χ0v) is 16.0. The number of hydrogen-bond donors (Lipinski definition) is 2. The van der Waals surface area contributed by atoms with E-state index in [1.807, 2.05) is 19.1 Å². The second-order valence-corrected chi connectivity index (χ2v) is 6.96. The lowest BCUT2D eigenvalue weighted by Crippen LogP contribution is -2.36. The van der Waals surface area contributed by atoms with Gasteiger partial charge in [0.05, 0.1) is 11.3 Å². The van der Waals surface area contributed by atoms with E-state index >= 15 is 0 Å². The van der Waals surface area contributed by atoms with Crippen LogP contribution < -0.4 is 11.1 Å². The molecule has 1 aromatic carbocycles. The van der Waals surface area contributed by atoms with Crippen LogP contribution in [-0.4, -0.2) is 40.7 Å². The van der Waals surface area contributed by atoms with E-state index in [1.165, 1.54) is 6.20 Å². The lowest BCUT2D eigenvalue weighted by Gasteiger charge is -2.14. The number of furan rings is 1. The van der Waals surface area contributed by atoms with E-state index in [1.54, 1.807) is 29.2 Å². The third-order valence-electron chi connectivity index (χ3n) is 4.75. The van der Waals surface area contributed by atoms with Crippen LogP contribution in [0.3, 0.4) is 0 Å². The molecule has 0 spiro atoms. The number of aryl methyl sites for hydroxylation is 1. The molecule has 0 atom stereocenters. The van der Waals surface area contributed by atoms with Crippen molar-refractivity contribution >= 4 is 34.4 Å². The fourth-order valence-corrected chi connectivity index (χ4v) is 3.33. The summed E-state index contributed by atoms with van der Waals surface area (Å²) in [5.74, 6) is 0.216. The van der Waals surface area contributed by atoms with Gasteiger partial charge in [-0.05, 0) is 56.2 Å². The Morgan fingerprint density at radius 3 is 2.69 bits per heavy atom. The van der Waals surface area contributed by atoms with Gasteiger partial charge in [0.2, 0.25) is 5.96 Å². The lowest BCUT2D eigenvalue weighted by atomic mass is 10.2. The lowest BCUT2D eigenvalue weighted by molar-refractivity contribution is 0.0786. The molecule has 4 rings (SSSR count). The highest BCUT2D eigenvalue weighted by Gasteiger charge is 2.20. The number of benzene rings is 1. The third-order valence-corrected chi connectivity index (χ3v) is 4.75. The Kier molecular flexibility index (Phi) is 4.99. The molecule has 1 saturated heterocycles. The van der Waals surface area contributed by atoms with Crippen LogP contribution in [0, 0.1) is 6.92 Å². The highest BCUT2D eigenvalue weighted by atomic mass is 16.3. The summed E-state index contributed by atoms with van der Waals surface area (Å²) in [6.45, 7) is 3.37.